The minimum atomic E-state index is 0.508. The van der Waals surface area contributed by atoms with Crippen LogP contribution in [0.3, 0.4) is 0 Å². The van der Waals surface area contributed by atoms with E-state index in [2.05, 4.69) is 51.2 Å². The van der Waals surface area contributed by atoms with Crippen LogP contribution in [0.25, 0.3) is 0 Å². The number of hydrogen-bond donors (Lipinski definition) is 1. The first-order chi connectivity index (χ1) is 9.02. The highest BCUT2D eigenvalue weighted by Crippen LogP contribution is 2.20. The molecule has 1 rings (SSSR count). The summed E-state index contributed by atoms with van der Waals surface area (Å²) in [5, 5.41) is 4.47. The zero-order valence-corrected chi connectivity index (χ0v) is 14.1. The third kappa shape index (κ3) is 6.69. The Kier molecular flexibility index (Phi) is 7.89. The van der Waals surface area contributed by atoms with Gasteiger partial charge in [-0.2, -0.15) is 11.8 Å². The molecule has 0 aliphatic heterocycles. The number of hydrogen-bond acceptors (Lipinski definition) is 2. The molecule has 0 aromatic heterocycles. The standard InChI is InChI=1S/C16H26ClNS/c1-5-18-15(11-19-10-12(2)3)9-14-7-6-13(4)8-16(14)17/h6-8,12,15,18H,5,9-11H2,1-4H3. The molecule has 19 heavy (non-hydrogen) atoms. The Labute approximate surface area is 127 Å². The van der Waals surface area contributed by atoms with Crippen molar-refractivity contribution in [2.24, 2.45) is 5.92 Å². The van der Waals surface area contributed by atoms with Crippen molar-refractivity contribution in [2.75, 3.05) is 18.1 Å². The van der Waals surface area contributed by atoms with Crippen LogP contribution in [-0.4, -0.2) is 24.1 Å². The van der Waals surface area contributed by atoms with E-state index in [1.54, 1.807) is 0 Å². The topological polar surface area (TPSA) is 12.0 Å². The maximum atomic E-state index is 6.32. The maximum Gasteiger partial charge on any atom is 0.0441 e. The van der Waals surface area contributed by atoms with Crippen molar-refractivity contribution in [1.29, 1.82) is 0 Å². The highest BCUT2D eigenvalue weighted by molar-refractivity contribution is 7.99. The third-order valence-corrected chi connectivity index (χ3v) is 4.83. The molecule has 0 aliphatic rings. The molecular weight excluding hydrogens is 274 g/mol. The minimum Gasteiger partial charge on any atom is -0.313 e. The van der Waals surface area contributed by atoms with Crippen molar-refractivity contribution >= 4 is 23.4 Å². The molecule has 1 unspecified atom stereocenters. The Morgan fingerprint density at radius 2 is 2.00 bits per heavy atom. The molecular formula is C16H26ClNS. The smallest absolute Gasteiger partial charge is 0.0441 e. The summed E-state index contributed by atoms with van der Waals surface area (Å²) >= 11 is 8.36. The molecule has 108 valence electrons. The van der Waals surface area contributed by atoms with E-state index < -0.39 is 0 Å². The fourth-order valence-electron chi connectivity index (χ4n) is 2.01. The van der Waals surface area contributed by atoms with E-state index in [0.29, 0.717) is 6.04 Å². The minimum absolute atomic E-state index is 0.508. The Bertz CT molecular complexity index is 379. The fraction of sp³-hybridized carbons (Fsp3) is 0.625. The second-order valence-corrected chi connectivity index (χ2v) is 6.97. The zero-order chi connectivity index (χ0) is 14.3. The van der Waals surface area contributed by atoms with Gasteiger partial charge in [0.15, 0.2) is 0 Å². The second-order valence-electron chi connectivity index (χ2n) is 5.48. The SMILES string of the molecule is CCNC(CSCC(C)C)Cc1ccc(C)cc1Cl. The Balaban J connectivity index is 2.56. The normalized spacial score (nSPS) is 12.9. The van der Waals surface area contributed by atoms with E-state index in [1.165, 1.54) is 16.9 Å². The highest BCUT2D eigenvalue weighted by Gasteiger charge is 2.11. The van der Waals surface area contributed by atoms with Gasteiger partial charge in [0.1, 0.15) is 0 Å². The van der Waals surface area contributed by atoms with Gasteiger partial charge in [-0.15, -0.1) is 0 Å². The molecule has 0 saturated carbocycles. The molecule has 0 fully saturated rings. The summed E-state index contributed by atoms with van der Waals surface area (Å²) in [7, 11) is 0. The van der Waals surface area contributed by atoms with Gasteiger partial charge in [0, 0.05) is 16.8 Å². The lowest BCUT2D eigenvalue weighted by atomic mass is 10.1. The number of likely N-dealkylation sites (N-methyl/N-ethyl adjacent to an activating group) is 1. The first kappa shape index (κ1) is 16.9. The predicted octanol–water partition coefficient (Wildman–Crippen LogP) is 4.56. The predicted molar refractivity (Wildman–Crippen MR) is 89.5 cm³/mol. The molecule has 1 atom stereocenters. The summed E-state index contributed by atoms with van der Waals surface area (Å²) in [5.41, 5.74) is 2.48. The van der Waals surface area contributed by atoms with E-state index in [-0.39, 0.29) is 0 Å². The van der Waals surface area contributed by atoms with Crippen molar-refractivity contribution in [2.45, 2.75) is 40.2 Å². The number of benzene rings is 1. The van der Waals surface area contributed by atoms with Crippen molar-refractivity contribution in [1.82, 2.24) is 5.32 Å². The Morgan fingerprint density at radius 3 is 2.58 bits per heavy atom. The summed E-state index contributed by atoms with van der Waals surface area (Å²) in [6.45, 7) is 9.79. The van der Waals surface area contributed by atoms with E-state index in [0.717, 1.165) is 29.7 Å². The van der Waals surface area contributed by atoms with Gasteiger partial charge >= 0.3 is 0 Å². The van der Waals surface area contributed by atoms with Crippen LogP contribution in [-0.2, 0) is 6.42 Å². The van der Waals surface area contributed by atoms with Gasteiger partial charge in [-0.25, -0.2) is 0 Å². The first-order valence-electron chi connectivity index (χ1n) is 7.09. The largest absolute Gasteiger partial charge is 0.313 e. The van der Waals surface area contributed by atoms with E-state index in [4.69, 9.17) is 11.6 Å². The van der Waals surface area contributed by atoms with E-state index in [1.807, 2.05) is 11.8 Å². The molecule has 0 heterocycles. The summed E-state index contributed by atoms with van der Waals surface area (Å²) in [5.74, 6) is 3.13. The van der Waals surface area contributed by atoms with Crippen molar-refractivity contribution in [3.63, 3.8) is 0 Å². The van der Waals surface area contributed by atoms with Crippen LogP contribution in [0.5, 0.6) is 0 Å². The monoisotopic (exact) mass is 299 g/mol. The van der Waals surface area contributed by atoms with Gasteiger partial charge in [0.05, 0.1) is 0 Å². The van der Waals surface area contributed by atoms with Crippen molar-refractivity contribution < 1.29 is 0 Å². The molecule has 1 aromatic rings. The third-order valence-electron chi connectivity index (χ3n) is 2.94. The molecule has 0 saturated heterocycles. The number of aryl methyl sites for hydroxylation is 1. The van der Waals surface area contributed by atoms with Crippen LogP contribution in [0.4, 0.5) is 0 Å². The van der Waals surface area contributed by atoms with Gasteiger partial charge in [-0.05, 0) is 48.8 Å². The second kappa shape index (κ2) is 8.89. The lowest BCUT2D eigenvalue weighted by molar-refractivity contribution is 0.572. The van der Waals surface area contributed by atoms with Crippen LogP contribution in [0.15, 0.2) is 18.2 Å². The van der Waals surface area contributed by atoms with Gasteiger partial charge in [-0.3, -0.25) is 0 Å². The van der Waals surface area contributed by atoms with Crippen molar-refractivity contribution in [3.8, 4) is 0 Å². The molecule has 1 aromatic carbocycles. The summed E-state index contributed by atoms with van der Waals surface area (Å²) in [6.07, 6.45) is 1.01. The fourth-order valence-corrected chi connectivity index (χ4v) is 3.45. The van der Waals surface area contributed by atoms with E-state index >= 15 is 0 Å². The molecule has 0 bridgehead atoms. The van der Waals surface area contributed by atoms with Crippen LogP contribution in [0, 0.1) is 12.8 Å². The average Bonchev–Trinajstić information content (AvgIpc) is 2.32. The summed E-state index contributed by atoms with van der Waals surface area (Å²) < 4.78 is 0. The maximum absolute atomic E-state index is 6.32. The first-order valence-corrected chi connectivity index (χ1v) is 8.62. The summed E-state index contributed by atoms with van der Waals surface area (Å²) in [4.78, 5) is 0. The van der Waals surface area contributed by atoms with Crippen LogP contribution in [0.1, 0.15) is 31.9 Å². The molecule has 0 spiro atoms. The number of halogens is 1. The molecule has 0 amide bonds. The van der Waals surface area contributed by atoms with Crippen molar-refractivity contribution in [3.05, 3.63) is 34.3 Å². The molecule has 0 aliphatic carbocycles. The Morgan fingerprint density at radius 1 is 1.26 bits per heavy atom. The molecule has 0 radical (unpaired) electrons. The van der Waals surface area contributed by atoms with Gasteiger partial charge in [-0.1, -0.05) is 44.5 Å². The van der Waals surface area contributed by atoms with E-state index in [9.17, 15) is 0 Å². The van der Waals surface area contributed by atoms with Crippen LogP contribution < -0.4 is 5.32 Å². The van der Waals surface area contributed by atoms with Crippen LogP contribution in [0.2, 0.25) is 5.02 Å². The lowest BCUT2D eigenvalue weighted by Gasteiger charge is -2.19. The zero-order valence-electron chi connectivity index (χ0n) is 12.5. The van der Waals surface area contributed by atoms with Gasteiger partial charge in [0.25, 0.3) is 0 Å². The lowest BCUT2D eigenvalue weighted by Crippen LogP contribution is -2.33. The van der Waals surface area contributed by atoms with Crippen LogP contribution >= 0.6 is 23.4 Å². The van der Waals surface area contributed by atoms with Gasteiger partial charge in [0.2, 0.25) is 0 Å². The Hall–Kier alpha value is -0.180. The molecule has 1 N–H and O–H groups in total. The molecule has 3 heteroatoms. The quantitative estimate of drug-likeness (QED) is 0.755. The number of thioether (sulfide) groups is 1. The number of nitrogens with one attached hydrogen (secondary N) is 1. The molecule has 1 nitrogen and oxygen atoms in total. The summed E-state index contributed by atoms with van der Waals surface area (Å²) in [6, 6.07) is 6.87. The average molecular weight is 300 g/mol. The van der Waals surface area contributed by atoms with Gasteiger partial charge < -0.3 is 5.32 Å². The highest BCUT2D eigenvalue weighted by atomic mass is 35.5. The number of rotatable bonds is 8.